The zero-order valence-corrected chi connectivity index (χ0v) is 25.7. The van der Waals surface area contributed by atoms with E-state index in [1.54, 1.807) is 42.5 Å². The zero-order chi connectivity index (χ0) is 32.6. The smallest absolute Gasteiger partial charge is 0.293 e. The van der Waals surface area contributed by atoms with Crippen LogP contribution in [-0.4, -0.2) is 41.5 Å². The topological polar surface area (TPSA) is 135 Å². The van der Waals surface area contributed by atoms with E-state index in [0.29, 0.717) is 46.3 Å². The number of ether oxygens (including phenoxy) is 4. The Bertz CT molecular complexity index is 1800. The summed E-state index contributed by atoms with van der Waals surface area (Å²) in [5.41, 5.74) is 3.53. The van der Waals surface area contributed by atoms with E-state index in [-0.39, 0.29) is 23.7 Å². The first-order valence-corrected chi connectivity index (χ1v) is 14.7. The molecule has 12 heteroatoms. The second-order valence-corrected chi connectivity index (χ2v) is 11.0. The summed E-state index contributed by atoms with van der Waals surface area (Å²) in [6.07, 6.45) is 2.36. The molecule has 4 aromatic carbocycles. The number of aldehydes is 1. The molecule has 1 fully saturated rings. The third-order valence-electron chi connectivity index (χ3n) is 6.98. The third-order valence-corrected chi connectivity index (χ3v) is 7.89. The van der Waals surface area contributed by atoms with Crippen molar-refractivity contribution < 1.29 is 38.3 Å². The van der Waals surface area contributed by atoms with E-state index in [0.717, 1.165) is 34.1 Å². The number of hydrogen-bond donors (Lipinski definition) is 0. The van der Waals surface area contributed by atoms with Gasteiger partial charge in [-0.2, -0.15) is 0 Å². The Balaban J connectivity index is 1.18. The minimum Gasteiger partial charge on any atom is -0.493 e. The van der Waals surface area contributed by atoms with Crippen LogP contribution in [0.15, 0.2) is 89.8 Å². The number of hydrogen-bond acceptors (Lipinski definition) is 10. The normalized spacial score (nSPS) is 13.5. The van der Waals surface area contributed by atoms with E-state index >= 15 is 0 Å². The first-order valence-electron chi connectivity index (χ1n) is 13.9. The van der Waals surface area contributed by atoms with Gasteiger partial charge >= 0.3 is 0 Å². The highest BCUT2D eigenvalue weighted by atomic mass is 32.2. The largest absolute Gasteiger partial charge is 0.493 e. The monoisotopic (exact) mass is 640 g/mol. The van der Waals surface area contributed by atoms with Crippen LogP contribution < -0.4 is 18.9 Å². The number of rotatable bonds is 13. The molecular formula is C34H28N2O9S. The molecule has 0 aromatic heterocycles. The van der Waals surface area contributed by atoms with Crippen molar-refractivity contribution in [3.63, 3.8) is 0 Å². The Morgan fingerprint density at radius 2 is 1.26 bits per heavy atom. The molecule has 1 heterocycles. The summed E-state index contributed by atoms with van der Waals surface area (Å²) >= 11 is 0.826. The van der Waals surface area contributed by atoms with Gasteiger partial charge in [-0.3, -0.25) is 29.4 Å². The molecule has 0 atom stereocenters. The molecule has 0 saturated carbocycles. The number of methoxy groups -OCH3 is 2. The predicted molar refractivity (Wildman–Crippen MR) is 171 cm³/mol. The molecule has 0 radical (unpaired) electrons. The molecule has 2 amide bonds. The van der Waals surface area contributed by atoms with Gasteiger partial charge in [-0.05, 0) is 70.4 Å². The van der Waals surface area contributed by atoms with Crippen molar-refractivity contribution in [2.45, 2.75) is 19.8 Å². The maximum absolute atomic E-state index is 13.0. The predicted octanol–water partition coefficient (Wildman–Crippen LogP) is 6.82. The van der Waals surface area contributed by atoms with Gasteiger partial charge in [0.05, 0.1) is 30.6 Å². The van der Waals surface area contributed by atoms with Gasteiger partial charge in [0.15, 0.2) is 23.0 Å². The highest BCUT2D eigenvalue weighted by Gasteiger charge is 2.35. The number of imide groups is 1. The molecule has 5 rings (SSSR count). The summed E-state index contributed by atoms with van der Waals surface area (Å²) in [5, 5.41) is 10.5. The lowest BCUT2D eigenvalue weighted by molar-refractivity contribution is -0.384. The van der Waals surface area contributed by atoms with Crippen molar-refractivity contribution in [3.8, 4) is 23.0 Å². The summed E-state index contributed by atoms with van der Waals surface area (Å²) in [6.45, 7) is 0.596. The first kappa shape index (κ1) is 31.8. The summed E-state index contributed by atoms with van der Waals surface area (Å²) in [5.74, 6) is 1.53. The summed E-state index contributed by atoms with van der Waals surface area (Å²) < 4.78 is 22.7. The van der Waals surface area contributed by atoms with Crippen molar-refractivity contribution in [1.82, 2.24) is 4.90 Å². The first-order chi connectivity index (χ1) is 22.3. The molecule has 0 aliphatic carbocycles. The van der Waals surface area contributed by atoms with Crippen LogP contribution in [0.25, 0.3) is 6.08 Å². The minimum absolute atomic E-state index is 0.00905. The maximum atomic E-state index is 13.0. The Hall–Kier alpha value is -5.62. The molecule has 1 aliphatic rings. The van der Waals surface area contributed by atoms with Crippen LogP contribution in [0.1, 0.15) is 32.6 Å². The van der Waals surface area contributed by atoms with Crippen molar-refractivity contribution in [1.29, 1.82) is 0 Å². The number of nitro benzene ring substituents is 1. The van der Waals surface area contributed by atoms with E-state index in [9.17, 15) is 24.5 Å². The Kier molecular flexibility index (Phi) is 9.98. The van der Waals surface area contributed by atoms with E-state index < -0.39 is 16.1 Å². The van der Waals surface area contributed by atoms with Gasteiger partial charge in [0, 0.05) is 17.7 Å². The van der Waals surface area contributed by atoms with E-state index in [4.69, 9.17) is 18.9 Å². The molecule has 0 spiro atoms. The molecule has 4 aromatic rings. The summed E-state index contributed by atoms with van der Waals surface area (Å²) in [4.78, 5) is 48.3. The number of carbonyl (C=O) groups excluding carboxylic acids is 3. The quantitative estimate of drug-likeness (QED) is 0.0663. The average molecular weight is 641 g/mol. The SMILES string of the molecule is COc1cc(C=O)ccc1OCc1ccc(COc2ccc(/C=C3\SC(=O)N(Cc4ccc([N+](=O)[O-])cc4)C3=O)cc2OC)cc1. The highest BCUT2D eigenvalue weighted by molar-refractivity contribution is 8.18. The Morgan fingerprint density at radius 3 is 1.78 bits per heavy atom. The molecule has 11 nitrogen and oxygen atoms in total. The molecule has 234 valence electrons. The Morgan fingerprint density at radius 1 is 0.739 bits per heavy atom. The summed E-state index contributed by atoms with van der Waals surface area (Å²) in [6, 6.07) is 23.6. The van der Waals surface area contributed by atoms with Crippen LogP contribution in [0.4, 0.5) is 10.5 Å². The van der Waals surface area contributed by atoms with Gasteiger partial charge in [-0.25, -0.2) is 0 Å². The van der Waals surface area contributed by atoms with Gasteiger partial charge in [0.25, 0.3) is 16.8 Å². The van der Waals surface area contributed by atoms with E-state index in [1.165, 1.54) is 38.5 Å². The molecule has 1 aliphatic heterocycles. The van der Waals surface area contributed by atoms with Crippen molar-refractivity contribution >= 4 is 41.0 Å². The second kappa shape index (κ2) is 14.4. The second-order valence-electron chi connectivity index (χ2n) is 10.0. The number of carbonyl (C=O) groups is 3. The molecule has 0 bridgehead atoms. The number of nitrogens with zero attached hydrogens (tertiary/aromatic N) is 2. The lowest BCUT2D eigenvalue weighted by Gasteiger charge is -2.13. The molecule has 1 saturated heterocycles. The van der Waals surface area contributed by atoms with Crippen LogP contribution >= 0.6 is 11.8 Å². The van der Waals surface area contributed by atoms with Gasteiger partial charge in [0.2, 0.25) is 0 Å². The van der Waals surface area contributed by atoms with E-state index in [1.807, 2.05) is 24.3 Å². The average Bonchev–Trinajstić information content (AvgIpc) is 3.34. The standard InChI is InChI=1S/C34H28N2O9S/c1-42-30-15-25(17-32-33(38)35(34(39)46-32)18-22-7-11-27(12-8-22)36(40)41)9-13-28(30)44-20-23-3-5-24(6-4-23)21-45-29-14-10-26(19-37)16-31(29)43-2/h3-17,19H,18,20-21H2,1-2H3/b32-17-. The van der Waals surface area contributed by atoms with E-state index in [2.05, 4.69) is 0 Å². The number of nitro groups is 1. The van der Waals surface area contributed by atoms with Crippen LogP contribution in [0.2, 0.25) is 0 Å². The fourth-order valence-corrected chi connectivity index (χ4v) is 5.36. The van der Waals surface area contributed by atoms with Crippen LogP contribution in [0.3, 0.4) is 0 Å². The molecule has 0 unspecified atom stereocenters. The van der Waals surface area contributed by atoms with Crippen LogP contribution in [-0.2, 0) is 24.6 Å². The van der Waals surface area contributed by atoms with Crippen LogP contribution in [0.5, 0.6) is 23.0 Å². The summed E-state index contributed by atoms with van der Waals surface area (Å²) in [7, 11) is 3.03. The fraction of sp³-hybridized carbons (Fsp3) is 0.147. The molecule has 0 N–H and O–H groups in total. The number of amides is 2. The fourth-order valence-electron chi connectivity index (χ4n) is 4.52. The molecule has 46 heavy (non-hydrogen) atoms. The van der Waals surface area contributed by atoms with Crippen molar-refractivity contribution in [2.75, 3.05) is 14.2 Å². The van der Waals surface area contributed by atoms with Gasteiger partial charge in [0.1, 0.15) is 19.5 Å². The van der Waals surface area contributed by atoms with Gasteiger partial charge < -0.3 is 18.9 Å². The molecular weight excluding hydrogens is 612 g/mol. The van der Waals surface area contributed by atoms with Gasteiger partial charge in [-0.15, -0.1) is 0 Å². The number of benzene rings is 4. The number of non-ortho nitro benzene ring substituents is 1. The third kappa shape index (κ3) is 7.53. The van der Waals surface area contributed by atoms with Crippen molar-refractivity contribution in [2.24, 2.45) is 0 Å². The lowest BCUT2D eigenvalue weighted by atomic mass is 10.1. The van der Waals surface area contributed by atoms with Crippen LogP contribution in [0, 0.1) is 10.1 Å². The lowest BCUT2D eigenvalue weighted by Crippen LogP contribution is -2.27. The zero-order valence-electron chi connectivity index (χ0n) is 24.8. The maximum Gasteiger partial charge on any atom is 0.293 e. The number of thioether (sulfide) groups is 1. The Labute approximate surface area is 268 Å². The van der Waals surface area contributed by atoms with Crippen molar-refractivity contribution in [3.05, 3.63) is 128 Å². The minimum atomic E-state index is -0.509. The van der Waals surface area contributed by atoms with Gasteiger partial charge in [-0.1, -0.05) is 42.5 Å². The highest BCUT2D eigenvalue weighted by Crippen LogP contribution is 2.36.